The van der Waals surface area contributed by atoms with Crippen LogP contribution in [0.15, 0.2) is 71.8 Å². The van der Waals surface area contributed by atoms with Gasteiger partial charge in [-0.25, -0.2) is 21.6 Å². The van der Waals surface area contributed by atoms with Crippen molar-refractivity contribution in [1.29, 1.82) is 0 Å². The summed E-state index contributed by atoms with van der Waals surface area (Å²) >= 11 is 6.39. The molecule has 0 aliphatic heterocycles. The summed E-state index contributed by atoms with van der Waals surface area (Å²) in [5.41, 5.74) is 3.67. The fourth-order valence-electron chi connectivity index (χ4n) is 3.71. The molecule has 0 aliphatic rings. The van der Waals surface area contributed by atoms with Gasteiger partial charge in [0.2, 0.25) is 0 Å². The topological polar surface area (TPSA) is 77.4 Å². The first-order chi connectivity index (χ1) is 16.2. The van der Waals surface area contributed by atoms with E-state index in [1.54, 1.807) is 12.1 Å². The largest absolute Gasteiger partial charge is 0.445 e. The van der Waals surface area contributed by atoms with Crippen LogP contribution in [0.5, 0.6) is 0 Å². The van der Waals surface area contributed by atoms with Crippen LogP contribution >= 0.6 is 11.6 Å². The van der Waals surface area contributed by atoms with Crippen molar-refractivity contribution in [2.24, 2.45) is 0 Å². The van der Waals surface area contributed by atoms with Crippen molar-refractivity contribution < 1.29 is 22.3 Å². The number of aromatic nitrogens is 1. The van der Waals surface area contributed by atoms with E-state index in [1.165, 1.54) is 31.4 Å². The lowest BCUT2D eigenvalue weighted by Gasteiger charge is -2.10. The minimum Gasteiger partial charge on any atom is -0.445 e. The van der Waals surface area contributed by atoms with Gasteiger partial charge in [-0.3, -0.25) is 0 Å². The number of halogens is 2. The van der Waals surface area contributed by atoms with Crippen LogP contribution in [0.3, 0.4) is 0 Å². The average Bonchev–Trinajstić information content (AvgIpc) is 3.18. The summed E-state index contributed by atoms with van der Waals surface area (Å²) in [6.07, 6.45) is 1.25. The van der Waals surface area contributed by atoms with Crippen LogP contribution in [0.2, 0.25) is 5.02 Å². The molecule has 0 atom stereocenters. The van der Waals surface area contributed by atoms with E-state index in [-0.39, 0.29) is 11.5 Å². The molecule has 1 heterocycles. The molecular formula is C25H22ClFN2O4S. The van der Waals surface area contributed by atoms with E-state index in [4.69, 9.17) is 16.3 Å². The highest BCUT2D eigenvalue weighted by molar-refractivity contribution is 7.90. The van der Waals surface area contributed by atoms with Gasteiger partial charge in [0.05, 0.1) is 10.4 Å². The van der Waals surface area contributed by atoms with Gasteiger partial charge >= 0.3 is 6.09 Å². The Morgan fingerprint density at radius 3 is 2.59 bits per heavy atom. The van der Waals surface area contributed by atoms with Gasteiger partial charge in [-0.2, -0.15) is 0 Å². The molecule has 3 aromatic carbocycles. The van der Waals surface area contributed by atoms with Crippen molar-refractivity contribution in [2.45, 2.75) is 24.8 Å². The van der Waals surface area contributed by atoms with Crippen LogP contribution < -0.4 is 5.32 Å². The van der Waals surface area contributed by atoms with Crippen molar-refractivity contribution >= 4 is 38.6 Å². The molecule has 6 nitrogen and oxygen atoms in total. The smallest absolute Gasteiger partial charge is 0.407 e. The molecule has 1 N–H and O–H groups in total. The monoisotopic (exact) mass is 500 g/mol. The number of nitrogens with one attached hydrogen (secondary N) is 1. The fourth-order valence-corrected chi connectivity index (χ4v) is 5.42. The van der Waals surface area contributed by atoms with Gasteiger partial charge in [-0.05, 0) is 60.4 Å². The maximum absolute atomic E-state index is 13.8. The van der Waals surface area contributed by atoms with E-state index in [2.05, 4.69) is 5.32 Å². The van der Waals surface area contributed by atoms with Crippen molar-refractivity contribution in [2.75, 3.05) is 7.05 Å². The molecule has 9 heteroatoms. The summed E-state index contributed by atoms with van der Waals surface area (Å²) < 4.78 is 46.9. The van der Waals surface area contributed by atoms with Crippen LogP contribution in [0, 0.1) is 12.7 Å². The van der Waals surface area contributed by atoms with Crippen molar-refractivity contribution in [1.82, 2.24) is 9.29 Å². The van der Waals surface area contributed by atoms with E-state index in [0.717, 1.165) is 26.7 Å². The third-order valence-corrected chi connectivity index (χ3v) is 7.46. The second-order valence-corrected chi connectivity index (χ2v) is 10.1. The summed E-state index contributed by atoms with van der Waals surface area (Å²) in [6, 6.07) is 16.0. The number of alkyl carbamates (subject to hydrolysis) is 1. The lowest BCUT2D eigenvalue weighted by Crippen LogP contribution is -2.18. The second kappa shape index (κ2) is 9.48. The predicted molar refractivity (Wildman–Crippen MR) is 129 cm³/mol. The van der Waals surface area contributed by atoms with Gasteiger partial charge < -0.3 is 10.1 Å². The first-order valence-corrected chi connectivity index (χ1v) is 12.2. The number of aryl methyl sites for hydroxylation is 1. The van der Waals surface area contributed by atoms with Gasteiger partial charge in [0.25, 0.3) is 10.0 Å². The van der Waals surface area contributed by atoms with Gasteiger partial charge in [0.1, 0.15) is 12.4 Å². The van der Waals surface area contributed by atoms with Gasteiger partial charge in [0.15, 0.2) is 0 Å². The Morgan fingerprint density at radius 1 is 1.09 bits per heavy atom. The van der Waals surface area contributed by atoms with E-state index < -0.39 is 21.9 Å². The molecule has 0 spiro atoms. The summed E-state index contributed by atoms with van der Waals surface area (Å²) in [5, 5.41) is 3.58. The van der Waals surface area contributed by atoms with E-state index >= 15 is 0 Å². The number of rotatable bonds is 6. The SMILES string of the molecule is CNC(=O)OCc1cn(S(=O)(=O)c2cccc(F)c2)c2cc(Cc3ccc(C)cc3Cl)ccc12. The first-order valence-electron chi connectivity index (χ1n) is 10.4. The van der Waals surface area contributed by atoms with Crippen LogP contribution in [-0.2, 0) is 27.8 Å². The number of carbonyl (C=O) groups is 1. The van der Waals surface area contributed by atoms with Gasteiger partial charge in [-0.15, -0.1) is 0 Å². The molecule has 4 rings (SSSR count). The minimum atomic E-state index is -4.12. The summed E-state index contributed by atoms with van der Waals surface area (Å²) in [7, 11) is -2.69. The molecule has 176 valence electrons. The second-order valence-electron chi connectivity index (χ2n) is 7.86. The van der Waals surface area contributed by atoms with E-state index in [9.17, 15) is 17.6 Å². The van der Waals surface area contributed by atoms with Gasteiger partial charge in [0, 0.05) is 29.2 Å². The Hall–Kier alpha value is -3.36. The van der Waals surface area contributed by atoms with Crippen molar-refractivity contribution in [3.8, 4) is 0 Å². The lowest BCUT2D eigenvalue weighted by molar-refractivity contribution is 0.142. The number of nitrogens with zero attached hydrogens (tertiary/aromatic N) is 1. The Bertz CT molecular complexity index is 1500. The zero-order valence-corrected chi connectivity index (χ0v) is 20.1. The maximum Gasteiger partial charge on any atom is 0.407 e. The molecule has 0 fully saturated rings. The molecule has 0 unspecified atom stereocenters. The van der Waals surface area contributed by atoms with Crippen LogP contribution in [-0.4, -0.2) is 25.5 Å². The zero-order valence-electron chi connectivity index (χ0n) is 18.5. The number of hydrogen-bond acceptors (Lipinski definition) is 4. The Balaban J connectivity index is 1.83. The molecule has 34 heavy (non-hydrogen) atoms. The number of fused-ring (bicyclic) bond motifs is 1. The molecule has 0 radical (unpaired) electrons. The number of benzene rings is 3. The quantitative estimate of drug-likeness (QED) is 0.383. The molecule has 0 aliphatic carbocycles. The normalized spacial score (nSPS) is 11.5. The third kappa shape index (κ3) is 4.78. The zero-order chi connectivity index (χ0) is 24.5. The Morgan fingerprint density at radius 2 is 1.88 bits per heavy atom. The minimum absolute atomic E-state index is 0.134. The molecule has 1 amide bonds. The number of ether oxygens (including phenoxy) is 1. The van der Waals surface area contributed by atoms with Gasteiger partial charge in [-0.1, -0.05) is 41.9 Å². The Kier molecular flexibility index (Phi) is 6.63. The number of hydrogen-bond donors (Lipinski definition) is 1. The average molecular weight is 501 g/mol. The summed E-state index contributed by atoms with van der Waals surface area (Å²) in [4.78, 5) is 11.4. The molecule has 4 aromatic rings. The van der Waals surface area contributed by atoms with Crippen molar-refractivity contribution in [3.05, 3.63) is 100.0 Å². The number of carbonyl (C=O) groups excluding carboxylic acids is 1. The standard InChI is InChI=1S/C25H22ClFN2O4S/c1-16-6-8-18(23(26)10-16)11-17-7-9-22-19(15-33-25(30)28-2)14-29(24(22)12-17)34(31,32)21-5-3-4-20(27)13-21/h3-10,12-14H,11,15H2,1-2H3,(H,28,30). The highest BCUT2D eigenvalue weighted by Gasteiger charge is 2.23. The Labute approximate surface area is 202 Å². The third-order valence-electron chi connectivity index (χ3n) is 5.44. The first kappa shape index (κ1) is 23.8. The fraction of sp³-hybridized carbons (Fsp3) is 0.160. The van der Waals surface area contributed by atoms with E-state index in [1.807, 2.05) is 31.2 Å². The predicted octanol–water partition coefficient (Wildman–Crippen LogP) is 5.43. The molecule has 0 bridgehead atoms. The molecular weight excluding hydrogens is 479 g/mol. The van der Waals surface area contributed by atoms with Crippen LogP contribution in [0.25, 0.3) is 10.9 Å². The number of amides is 1. The van der Waals surface area contributed by atoms with Crippen LogP contribution in [0.1, 0.15) is 22.3 Å². The van der Waals surface area contributed by atoms with Crippen LogP contribution in [0.4, 0.5) is 9.18 Å². The lowest BCUT2D eigenvalue weighted by atomic mass is 10.0. The maximum atomic E-state index is 13.8. The molecule has 0 saturated heterocycles. The molecule has 1 aromatic heterocycles. The van der Waals surface area contributed by atoms with E-state index in [0.29, 0.717) is 27.9 Å². The van der Waals surface area contributed by atoms with Crippen molar-refractivity contribution in [3.63, 3.8) is 0 Å². The summed E-state index contributed by atoms with van der Waals surface area (Å²) in [6.45, 7) is 1.82. The summed E-state index contributed by atoms with van der Waals surface area (Å²) in [5.74, 6) is -0.657. The highest BCUT2D eigenvalue weighted by Crippen LogP contribution is 2.29. The molecule has 0 saturated carbocycles. The highest BCUT2D eigenvalue weighted by atomic mass is 35.5.